The van der Waals surface area contributed by atoms with Crippen LogP contribution in [0.15, 0.2) is 91.0 Å². The van der Waals surface area contributed by atoms with Crippen LogP contribution in [0, 0.1) is 23.7 Å². The van der Waals surface area contributed by atoms with E-state index in [1.54, 1.807) is 7.11 Å². The van der Waals surface area contributed by atoms with E-state index in [9.17, 15) is 0 Å². The first-order valence-electron chi connectivity index (χ1n) is 17.4. The number of hydrogen-bond donors (Lipinski definition) is 0. The zero-order valence-corrected chi connectivity index (χ0v) is 30.8. The van der Waals surface area contributed by atoms with Gasteiger partial charge in [-0.2, -0.15) is 0 Å². The number of rotatable bonds is 11. The molecule has 0 aliphatic carbocycles. The average Bonchev–Trinajstić information content (AvgIpc) is 3.07. The van der Waals surface area contributed by atoms with E-state index in [0.717, 1.165) is 5.56 Å². The van der Waals surface area contributed by atoms with E-state index in [-0.39, 0.29) is 59.4 Å². The second-order valence-corrected chi connectivity index (χ2v) is 19.1. The van der Waals surface area contributed by atoms with Gasteiger partial charge in [0.2, 0.25) is 0 Å². The van der Waals surface area contributed by atoms with Gasteiger partial charge in [0, 0.05) is 24.9 Å². The summed E-state index contributed by atoms with van der Waals surface area (Å²) in [5, 5.41) is 2.32. The molecular formula is C40H56O6Si. The molecule has 7 heteroatoms. The lowest BCUT2D eigenvalue weighted by Gasteiger charge is -2.50. The molecule has 2 aliphatic rings. The van der Waals surface area contributed by atoms with E-state index in [1.807, 2.05) is 6.07 Å². The summed E-state index contributed by atoms with van der Waals surface area (Å²) in [6, 6.07) is 31.8. The molecule has 0 spiro atoms. The highest BCUT2D eigenvalue weighted by atomic mass is 28.4. The second-order valence-electron chi connectivity index (χ2n) is 14.8. The lowest BCUT2D eigenvalue weighted by molar-refractivity contribution is -0.328. The van der Waals surface area contributed by atoms with Crippen molar-refractivity contribution in [1.29, 1.82) is 0 Å². The number of benzene rings is 3. The van der Waals surface area contributed by atoms with Crippen LogP contribution in [0.2, 0.25) is 5.04 Å². The number of methoxy groups -OCH3 is 1. The van der Waals surface area contributed by atoms with Gasteiger partial charge in [0.05, 0.1) is 31.5 Å². The molecule has 10 atom stereocenters. The molecule has 0 amide bonds. The predicted molar refractivity (Wildman–Crippen MR) is 190 cm³/mol. The van der Waals surface area contributed by atoms with E-state index >= 15 is 0 Å². The Hall–Kier alpha value is -2.36. The van der Waals surface area contributed by atoms with Crippen LogP contribution in [0.4, 0.5) is 0 Å². The van der Waals surface area contributed by atoms with Gasteiger partial charge in [0.15, 0.2) is 12.6 Å². The highest BCUT2D eigenvalue weighted by molar-refractivity contribution is 6.99. The minimum Gasteiger partial charge on any atom is -0.405 e. The molecule has 3 aromatic carbocycles. The predicted octanol–water partition coefficient (Wildman–Crippen LogP) is 7.19. The zero-order chi connectivity index (χ0) is 33.8. The summed E-state index contributed by atoms with van der Waals surface area (Å²) in [6.45, 7) is 18.8. The van der Waals surface area contributed by atoms with Crippen LogP contribution < -0.4 is 10.4 Å². The second kappa shape index (κ2) is 15.5. The van der Waals surface area contributed by atoms with Gasteiger partial charge >= 0.3 is 0 Å². The molecule has 2 heterocycles. The lowest BCUT2D eigenvalue weighted by atomic mass is 9.83. The van der Waals surface area contributed by atoms with Crippen molar-refractivity contribution in [2.45, 2.75) is 104 Å². The van der Waals surface area contributed by atoms with Crippen LogP contribution in [-0.2, 0) is 34.7 Å². The third-order valence-electron chi connectivity index (χ3n) is 10.7. The maximum absolute atomic E-state index is 7.39. The SMILES string of the molecule is CO[C@H]1OC(CO[Si](c2ccccc2)(c2ccccc2)C(C)(C)C)[C@H](O[C@@H]2OC(C)[C@@H](C)[C@@H](OCc3ccccc3)C2C)[C@H](C)C1C. The highest BCUT2D eigenvalue weighted by Crippen LogP contribution is 2.41. The Balaban J connectivity index is 1.43. The molecule has 4 unspecified atom stereocenters. The molecule has 2 fully saturated rings. The molecule has 0 saturated carbocycles. The molecule has 0 N–H and O–H groups in total. The molecule has 47 heavy (non-hydrogen) atoms. The maximum Gasteiger partial charge on any atom is 0.261 e. The molecule has 3 aromatic rings. The number of hydrogen-bond acceptors (Lipinski definition) is 6. The number of ether oxygens (including phenoxy) is 5. The van der Waals surface area contributed by atoms with Crippen molar-refractivity contribution >= 4 is 18.7 Å². The van der Waals surface area contributed by atoms with Crippen molar-refractivity contribution in [1.82, 2.24) is 0 Å². The van der Waals surface area contributed by atoms with Gasteiger partial charge in [-0.05, 0) is 33.8 Å². The van der Waals surface area contributed by atoms with E-state index in [1.165, 1.54) is 10.4 Å². The van der Waals surface area contributed by atoms with Crippen molar-refractivity contribution in [2.24, 2.45) is 23.7 Å². The summed E-state index contributed by atoms with van der Waals surface area (Å²) in [6.07, 6.45) is -1.46. The van der Waals surface area contributed by atoms with Gasteiger partial charge in [-0.3, -0.25) is 0 Å². The van der Waals surface area contributed by atoms with Gasteiger partial charge in [0.1, 0.15) is 6.10 Å². The third-order valence-corrected chi connectivity index (χ3v) is 15.7. The van der Waals surface area contributed by atoms with Crippen molar-refractivity contribution in [2.75, 3.05) is 13.7 Å². The average molecular weight is 661 g/mol. The molecule has 2 saturated heterocycles. The Kier molecular flexibility index (Phi) is 11.8. The fraction of sp³-hybridized carbons (Fsp3) is 0.550. The van der Waals surface area contributed by atoms with E-state index in [2.05, 4.69) is 140 Å². The molecule has 0 bridgehead atoms. The fourth-order valence-electron chi connectivity index (χ4n) is 7.59. The third kappa shape index (κ3) is 7.62. The van der Waals surface area contributed by atoms with E-state index < -0.39 is 14.6 Å². The van der Waals surface area contributed by atoms with Crippen LogP contribution >= 0.6 is 0 Å². The zero-order valence-electron chi connectivity index (χ0n) is 29.8. The Morgan fingerprint density at radius 2 is 1.19 bits per heavy atom. The molecular weight excluding hydrogens is 605 g/mol. The topological polar surface area (TPSA) is 55.4 Å². The van der Waals surface area contributed by atoms with Gasteiger partial charge < -0.3 is 28.1 Å². The smallest absolute Gasteiger partial charge is 0.261 e. The summed E-state index contributed by atoms with van der Waals surface area (Å²) in [5.74, 6) is 0.496. The molecule has 6 nitrogen and oxygen atoms in total. The van der Waals surface area contributed by atoms with E-state index in [4.69, 9.17) is 28.1 Å². The Labute approximate surface area is 284 Å². The summed E-state index contributed by atoms with van der Waals surface area (Å²) < 4.78 is 40.2. The van der Waals surface area contributed by atoms with Gasteiger partial charge in [-0.15, -0.1) is 0 Å². The fourth-order valence-corrected chi connectivity index (χ4v) is 12.2. The first-order valence-corrected chi connectivity index (χ1v) is 19.3. The largest absolute Gasteiger partial charge is 0.405 e. The molecule has 2 aliphatic heterocycles. The highest BCUT2D eigenvalue weighted by Gasteiger charge is 2.53. The summed E-state index contributed by atoms with van der Waals surface area (Å²) in [4.78, 5) is 0. The normalized spacial score (nSPS) is 31.9. The first-order chi connectivity index (χ1) is 22.5. The van der Waals surface area contributed by atoms with E-state index in [0.29, 0.717) is 13.2 Å². The molecule has 256 valence electrons. The summed E-state index contributed by atoms with van der Waals surface area (Å²) >= 11 is 0. The molecule has 5 rings (SSSR count). The monoisotopic (exact) mass is 660 g/mol. The Morgan fingerprint density at radius 3 is 1.72 bits per heavy atom. The van der Waals surface area contributed by atoms with Gasteiger partial charge in [-0.1, -0.05) is 139 Å². The minimum absolute atomic E-state index is 0.0141. The Bertz CT molecular complexity index is 1330. The molecule has 0 radical (unpaired) electrons. The van der Waals surface area contributed by atoms with Crippen molar-refractivity contribution in [3.05, 3.63) is 96.6 Å². The first kappa shape index (κ1) is 35.9. The lowest BCUT2D eigenvalue weighted by Crippen LogP contribution is -2.68. The van der Waals surface area contributed by atoms with Crippen LogP contribution in [0.25, 0.3) is 0 Å². The summed E-state index contributed by atoms with van der Waals surface area (Å²) in [7, 11) is -1.08. The van der Waals surface area contributed by atoms with Crippen molar-refractivity contribution in [3.63, 3.8) is 0 Å². The van der Waals surface area contributed by atoms with Crippen LogP contribution in [-0.4, -0.2) is 59.0 Å². The standard InChI is InChI=1S/C40H56O6Si/c1-27-28(2)38(41-9)45-35(26-43-47(40(6,7)8,33-21-15-11-16-22-33)34-23-17-12-18-24-34)37(27)46-39-30(4)36(29(3)31(5)44-39)42-25-32-19-13-10-14-20-32/h10-24,27-31,35-39H,25-26H2,1-9H3/t27-,28?,29-,30?,31?,35?,36-,37-,38+,39+/m1/s1. The van der Waals surface area contributed by atoms with Crippen molar-refractivity contribution < 1.29 is 28.1 Å². The van der Waals surface area contributed by atoms with Gasteiger partial charge in [-0.25, -0.2) is 0 Å². The van der Waals surface area contributed by atoms with Crippen LogP contribution in [0.3, 0.4) is 0 Å². The van der Waals surface area contributed by atoms with Crippen LogP contribution in [0.5, 0.6) is 0 Å². The molecule has 0 aromatic heterocycles. The van der Waals surface area contributed by atoms with Crippen LogP contribution in [0.1, 0.15) is 61.0 Å². The minimum atomic E-state index is -2.80. The van der Waals surface area contributed by atoms with Gasteiger partial charge in [0.25, 0.3) is 8.32 Å². The quantitative estimate of drug-likeness (QED) is 0.203. The van der Waals surface area contributed by atoms with Crippen molar-refractivity contribution in [3.8, 4) is 0 Å². The Morgan fingerprint density at radius 1 is 0.638 bits per heavy atom. The maximum atomic E-state index is 7.39. The summed E-state index contributed by atoms with van der Waals surface area (Å²) in [5.41, 5.74) is 1.16.